The maximum absolute atomic E-state index is 11.6. The topological polar surface area (TPSA) is 96.6 Å². The summed E-state index contributed by atoms with van der Waals surface area (Å²) < 4.78 is 0. The molecule has 3 N–H and O–H groups in total. The van der Waals surface area contributed by atoms with E-state index in [0.717, 1.165) is 42.5 Å². The third kappa shape index (κ3) is 2.85. The van der Waals surface area contributed by atoms with Crippen LogP contribution in [0.25, 0.3) is 0 Å². The molecule has 1 heterocycles. The second-order valence-corrected chi connectivity index (χ2v) is 7.41. The SMILES string of the molecule is N#Cc1ccccc1N1CC[C@]2(CCc3cc(C(=O)NO)ccc3C2)C1O. The lowest BCUT2D eigenvalue weighted by atomic mass is 9.69. The highest BCUT2D eigenvalue weighted by Gasteiger charge is 2.48. The van der Waals surface area contributed by atoms with E-state index in [0.29, 0.717) is 17.7 Å². The predicted molar refractivity (Wildman–Crippen MR) is 99.3 cm³/mol. The number of aliphatic hydroxyl groups is 1. The molecule has 1 aliphatic heterocycles. The van der Waals surface area contributed by atoms with Gasteiger partial charge < -0.3 is 10.0 Å². The Labute approximate surface area is 157 Å². The zero-order chi connectivity index (χ0) is 19.0. The van der Waals surface area contributed by atoms with Crippen molar-refractivity contribution in [1.29, 1.82) is 5.26 Å². The first-order chi connectivity index (χ1) is 13.1. The van der Waals surface area contributed by atoms with Crippen LogP contribution in [-0.2, 0) is 12.8 Å². The Bertz CT molecular complexity index is 937. The first-order valence-electron chi connectivity index (χ1n) is 9.08. The summed E-state index contributed by atoms with van der Waals surface area (Å²) in [6.45, 7) is 0.709. The second kappa shape index (κ2) is 6.69. The number of hydroxylamine groups is 1. The van der Waals surface area contributed by atoms with Gasteiger partial charge in [0.2, 0.25) is 0 Å². The second-order valence-electron chi connectivity index (χ2n) is 7.41. The highest BCUT2D eigenvalue weighted by atomic mass is 16.5. The molecule has 1 saturated heterocycles. The molecule has 4 rings (SSSR count). The summed E-state index contributed by atoms with van der Waals surface area (Å²) in [7, 11) is 0. The number of amides is 1. The van der Waals surface area contributed by atoms with E-state index in [9.17, 15) is 15.2 Å². The summed E-state index contributed by atoms with van der Waals surface area (Å²) in [5.74, 6) is -0.515. The monoisotopic (exact) mass is 363 g/mol. The lowest BCUT2D eigenvalue weighted by Gasteiger charge is -2.39. The Kier molecular flexibility index (Phi) is 4.34. The molecular formula is C21H21N3O3. The number of hydrogen-bond donors (Lipinski definition) is 3. The van der Waals surface area contributed by atoms with Crippen molar-refractivity contribution in [1.82, 2.24) is 5.48 Å². The maximum atomic E-state index is 11.6. The van der Waals surface area contributed by atoms with Gasteiger partial charge in [-0.1, -0.05) is 18.2 Å². The Morgan fingerprint density at radius 1 is 1.22 bits per heavy atom. The molecule has 1 unspecified atom stereocenters. The van der Waals surface area contributed by atoms with Crippen LogP contribution in [0.3, 0.4) is 0 Å². The van der Waals surface area contributed by atoms with Gasteiger partial charge in [0.15, 0.2) is 0 Å². The van der Waals surface area contributed by atoms with Gasteiger partial charge in [0.05, 0.1) is 11.3 Å². The predicted octanol–water partition coefficient (Wildman–Crippen LogP) is 2.38. The summed E-state index contributed by atoms with van der Waals surface area (Å²) in [6, 6.07) is 15.0. The Hall–Kier alpha value is -2.88. The van der Waals surface area contributed by atoms with Crippen LogP contribution >= 0.6 is 0 Å². The molecule has 2 aliphatic rings. The summed E-state index contributed by atoms with van der Waals surface area (Å²) in [5.41, 5.74) is 5.42. The van der Waals surface area contributed by atoms with Gasteiger partial charge in [-0.2, -0.15) is 5.26 Å². The van der Waals surface area contributed by atoms with E-state index in [1.807, 2.05) is 35.2 Å². The third-order valence-corrected chi connectivity index (χ3v) is 6.03. The van der Waals surface area contributed by atoms with Gasteiger partial charge in [0.25, 0.3) is 5.91 Å². The van der Waals surface area contributed by atoms with Crippen LogP contribution in [0.15, 0.2) is 42.5 Å². The maximum Gasteiger partial charge on any atom is 0.274 e. The van der Waals surface area contributed by atoms with Gasteiger partial charge >= 0.3 is 0 Å². The zero-order valence-corrected chi connectivity index (χ0v) is 14.9. The van der Waals surface area contributed by atoms with Crippen LogP contribution in [0.2, 0.25) is 0 Å². The lowest BCUT2D eigenvalue weighted by Crippen LogP contribution is -2.43. The molecule has 138 valence electrons. The number of nitrogens with zero attached hydrogens (tertiary/aromatic N) is 2. The van der Waals surface area contributed by atoms with Crippen LogP contribution in [0.5, 0.6) is 0 Å². The normalized spacial score (nSPS) is 23.7. The van der Waals surface area contributed by atoms with E-state index in [1.165, 1.54) is 0 Å². The van der Waals surface area contributed by atoms with Gasteiger partial charge in [0.1, 0.15) is 12.3 Å². The van der Waals surface area contributed by atoms with Gasteiger partial charge in [-0.05, 0) is 61.1 Å². The number of para-hydroxylation sites is 1. The standard InChI is InChI=1S/C21H21N3O3/c22-13-17-3-1-2-4-18(17)24-10-9-21(20(24)26)8-7-14-11-15(19(25)23-27)5-6-16(14)12-21/h1-6,11,20,26-27H,7-10,12H2,(H,23,25)/t20?,21-/m0/s1. The first-order valence-corrected chi connectivity index (χ1v) is 9.08. The number of carbonyl (C=O) groups excluding carboxylic acids is 1. The van der Waals surface area contributed by atoms with E-state index >= 15 is 0 Å². The molecule has 1 amide bonds. The van der Waals surface area contributed by atoms with E-state index in [2.05, 4.69) is 6.07 Å². The third-order valence-electron chi connectivity index (χ3n) is 6.03. The van der Waals surface area contributed by atoms with Crippen LogP contribution < -0.4 is 10.4 Å². The first kappa shape index (κ1) is 17.5. The van der Waals surface area contributed by atoms with E-state index in [-0.39, 0.29) is 5.41 Å². The summed E-state index contributed by atoms with van der Waals surface area (Å²) in [5, 5.41) is 29.4. The molecule has 2 aromatic rings. The Balaban J connectivity index is 1.61. The van der Waals surface area contributed by atoms with Gasteiger partial charge in [-0.25, -0.2) is 5.48 Å². The number of rotatable bonds is 2. The number of aliphatic hydroxyl groups excluding tert-OH is 1. The van der Waals surface area contributed by atoms with Crippen LogP contribution in [-0.4, -0.2) is 29.0 Å². The average Bonchev–Trinajstić information content (AvgIpc) is 3.02. The van der Waals surface area contributed by atoms with Gasteiger partial charge in [-0.15, -0.1) is 0 Å². The van der Waals surface area contributed by atoms with Crippen molar-refractivity contribution in [2.75, 3.05) is 11.4 Å². The fourth-order valence-electron chi connectivity index (χ4n) is 4.52. The molecule has 27 heavy (non-hydrogen) atoms. The molecule has 0 radical (unpaired) electrons. The van der Waals surface area contributed by atoms with E-state index < -0.39 is 12.1 Å². The highest BCUT2D eigenvalue weighted by molar-refractivity contribution is 5.93. The highest BCUT2D eigenvalue weighted by Crippen LogP contribution is 2.47. The average molecular weight is 363 g/mol. The Morgan fingerprint density at radius 3 is 2.81 bits per heavy atom. The molecule has 1 aliphatic carbocycles. The number of nitrogens with one attached hydrogen (secondary N) is 1. The molecular weight excluding hydrogens is 342 g/mol. The van der Waals surface area contributed by atoms with Crippen molar-refractivity contribution in [2.45, 2.75) is 31.9 Å². The fourth-order valence-corrected chi connectivity index (χ4v) is 4.52. The van der Waals surface area contributed by atoms with E-state index in [4.69, 9.17) is 5.21 Å². The van der Waals surface area contributed by atoms with Crippen molar-refractivity contribution in [2.24, 2.45) is 5.41 Å². The van der Waals surface area contributed by atoms with Crippen molar-refractivity contribution >= 4 is 11.6 Å². The van der Waals surface area contributed by atoms with Crippen molar-refractivity contribution in [3.8, 4) is 6.07 Å². The molecule has 2 aromatic carbocycles. The number of nitriles is 1. The molecule has 6 nitrogen and oxygen atoms in total. The largest absolute Gasteiger partial charge is 0.373 e. The number of hydrogen-bond acceptors (Lipinski definition) is 5. The smallest absolute Gasteiger partial charge is 0.274 e. The van der Waals surface area contributed by atoms with Gasteiger partial charge in [-0.3, -0.25) is 10.0 Å². The number of aryl methyl sites for hydroxylation is 1. The summed E-state index contributed by atoms with van der Waals surface area (Å²) in [4.78, 5) is 13.6. The molecule has 0 bridgehead atoms. The fraction of sp³-hybridized carbons (Fsp3) is 0.333. The zero-order valence-electron chi connectivity index (χ0n) is 14.9. The lowest BCUT2D eigenvalue weighted by molar-refractivity contribution is 0.0428. The van der Waals surface area contributed by atoms with Crippen molar-refractivity contribution < 1.29 is 15.1 Å². The summed E-state index contributed by atoms with van der Waals surface area (Å²) >= 11 is 0. The van der Waals surface area contributed by atoms with Crippen LogP contribution in [0.4, 0.5) is 5.69 Å². The van der Waals surface area contributed by atoms with Crippen molar-refractivity contribution in [3.63, 3.8) is 0 Å². The molecule has 2 atom stereocenters. The van der Waals surface area contributed by atoms with Crippen LogP contribution in [0.1, 0.15) is 39.9 Å². The minimum atomic E-state index is -0.652. The number of fused-ring (bicyclic) bond motifs is 1. The number of carbonyl (C=O) groups is 1. The van der Waals surface area contributed by atoms with E-state index in [1.54, 1.807) is 17.6 Å². The quantitative estimate of drug-likeness (QED) is 0.562. The minimum Gasteiger partial charge on any atom is -0.373 e. The number of anilines is 1. The minimum absolute atomic E-state index is 0.254. The molecule has 1 spiro atoms. The molecule has 0 aromatic heterocycles. The summed E-state index contributed by atoms with van der Waals surface area (Å²) in [6.07, 6.45) is 2.52. The molecule has 6 heteroatoms. The number of benzene rings is 2. The van der Waals surface area contributed by atoms with Crippen molar-refractivity contribution in [3.05, 3.63) is 64.7 Å². The van der Waals surface area contributed by atoms with Gasteiger partial charge in [0, 0.05) is 17.5 Å². The molecule has 1 fully saturated rings. The molecule has 0 saturated carbocycles. The Morgan fingerprint density at radius 2 is 2.04 bits per heavy atom. The van der Waals surface area contributed by atoms with Crippen LogP contribution in [0, 0.1) is 16.7 Å².